The second-order valence-corrected chi connectivity index (χ2v) is 7.76. The Balaban J connectivity index is 1.64. The molecule has 1 aliphatic rings. The standard InChI is InChI=1S/C21H32N4O/c1-17(2)8-10-25-12-11-24(16-20(25)9-13-26)15-19-14-22-23-21(19)18-6-4-3-5-7-18/h3-7,14,17,20,26H,8-13,15-16H2,1-2H3,(H,22,23)/t20-/m0/s1. The molecule has 1 atom stereocenters. The molecule has 5 heteroatoms. The lowest BCUT2D eigenvalue weighted by Gasteiger charge is -2.41. The smallest absolute Gasteiger partial charge is 0.0695 e. The molecule has 2 aromatic rings. The van der Waals surface area contributed by atoms with Crippen LogP contribution in [0.2, 0.25) is 0 Å². The number of rotatable bonds is 8. The van der Waals surface area contributed by atoms with Crippen LogP contribution in [0.1, 0.15) is 32.3 Å². The fourth-order valence-electron chi connectivity index (χ4n) is 3.77. The highest BCUT2D eigenvalue weighted by Gasteiger charge is 2.27. The number of benzene rings is 1. The Kier molecular flexibility index (Phi) is 6.83. The molecule has 2 heterocycles. The van der Waals surface area contributed by atoms with Crippen molar-refractivity contribution in [3.05, 3.63) is 42.1 Å². The van der Waals surface area contributed by atoms with Gasteiger partial charge < -0.3 is 5.11 Å². The molecular formula is C21H32N4O. The van der Waals surface area contributed by atoms with Gasteiger partial charge in [0, 0.05) is 44.4 Å². The number of aliphatic hydroxyl groups is 1. The van der Waals surface area contributed by atoms with Gasteiger partial charge in [-0.15, -0.1) is 0 Å². The van der Waals surface area contributed by atoms with Crippen LogP contribution in [0.4, 0.5) is 0 Å². The maximum atomic E-state index is 9.49. The second-order valence-electron chi connectivity index (χ2n) is 7.76. The topological polar surface area (TPSA) is 55.4 Å². The van der Waals surface area contributed by atoms with Crippen LogP contribution in [0, 0.1) is 5.92 Å². The molecule has 5 nitrogen and oxygen atoms in total. The number of hydrogen-bond acceptors (Lipinski definition) is 4. The lowest BCUT2D eigenvalue weighted by molar-refractivity contribution is 0.0525. The van der Waals surface area contributed by atoms with E-state index in [2.05, 4.69) is 58.1 Å². The quantitative estimate of drug-likeness (QED) is 0.763. The minimum absolute atomic E-state index is 0.262. The van der Waals surface area contributed by atoms with Crippen LogP contribution >= 0.6 is 0 Å². The Hall–Kier alpha value is -1.69. The van der Waals surface area contributed by atoms with Crippen LogP contribution in [-0.4, -0.2) is 63.9 Å². The molecule has 0 saturated carbocycles. The Morgan fingerprint density at radius 3 is 2.77 bits per heavy atom. The molecule has 2 N–H and O–H groups in total. The Morgan fingerprint density at radius 2 is 2.04 bits per heavy atom. The van der Waals surface area contributed by atoms with E-state index in [1.54, 1.807) is 0 Å². The van der Waals surface area contributed by atoms with E-state index in [9.17, 15) is 5.11 Å². The highest BCUT2D eigenvalue weighted by molar-refractivity contribution is 5.62. The van der Waals surface area contributed by atoms with Crippen molar-refractivity contribution in [2.75, 3.05) is 32.8 Å². The number of nitrogens with zero attached hydrogens (tertiary/aromatic N) is 3. The third-order valence-electron chi connectivity index (χ3n) is 5.32. The molecule has 0 amide bonds. The van der Waals surface area contributed by atoms with Gasteiger partial charge in [-0.3, -0.25) is 14.9 Å². The third-order valence-corrected chi connectivity index (χ3v) is 5.32. The zero-order valence-electron chi connectivity index (χ0n) is 16.1. The van der Waals surface area contributed by atoms with Crippen molar-refractivity contribution >= 4 is 0 Å². The van der Waals surface area contributed by atoms with Gasteiger partial charge in [-0.25, -0.2) is 0 Å². The number of piperazine rings is 1. The molecule has 0 aliphatic carbocycles. The predicted octanol–water partition coefficient (Wildman–Crippen LogP) is 2.99. The van der Waals surface area contributed by atoms with Gasteiger partial charge in [-0.1, -0.05) is 44.2 Å². The lowest BCUT2D eigenvalue weighted by atomic mass is 10.0. The molecule has 1 saturated heterocycles. The maximum Gasteiger partial charge on any atom is 0.0695 e. The average molecular weight is 357 g/mol. The molecule has 3 rings (SSSR count). The summed E-state index contributed by atoms with van der Waals surface area (Å²) in [6.07, 6.45) is 4.03. The number of nitrogens with one attached hydrogen (secondary N) is 1. The van der Waals surface area contributed by atoms with Crippen molar-refractivity contribution in [2.45, 2.75) is 39.3 Å². The summed E-state index contributed by atoms with van der Waals surface area (Å²) >= 11 is 0. The molecule has 0 bridgehead atoms. The molecule has 1 aromatic heterocycles. The van der Waals surface area contributed by atoms with Crippen LogP contribution < -0.4 is 0 Å². The van der Waals surface area contributed by atoms with Gasteiger partial charge >= 0.3 is 0 Å². The van der Waals surface area contributed by atoms with Gasteiger partial charge in [0.05, 0.1) is 11.9 Å². The van der Waals surface area contributed by atoms with E-state index in [1.165, 1.54) is 17.5 Å². The monoisotopic (exact) mass is 356 g/mol. The van der Waals surface area contributed by atoms with E-state index < -0.39 is 0 Å². The maximum absolute atomic E-state index is 9.49. The summed E-state index contributed by atoms with van der Waals surface area (Å²) in [5.74, 6) is 0.724. The van der Waals surface area contributed by atoms with Gasteiger partial charge in [-0.2, -0.15) is 5.10 Å². The Bertz CT molecular complexity index is 655. The van der Waals surface area contributed by atoms with Crippen LogP contribution in [0.3, 0.4) is 0 Å². The van der Waals surface area contributed by atoms with Crippen LogP contribution in [-0.2, 0) is 6.54 Å². The van der Waals surface area contributed by atoms with Crippen molar-refractivity contribution in [2.24, 2.45) is 5.92 Å². The molecule has 0 radical (unpaired) electrons. The fraction of sp³-hybridized carbons (Fsp3) is 0.571. The zero-order valence-corrected chi connectivity index (χ0v) is 16.1. The van der Waals surface area contributed by atoms with Gasteiger partial charge in [0.1, 0.15) is 0 Å². The largest absolute Gasteiger partial charge is 0.396 e. The lowest BCUT2D eigenvalue weighted by Crippen LogP contribution is -2.53. The van der Waals surface area contributed by atoms with Gasteiger partial charge in [0.15, 0.2) is 0 Å². The number of aromatic nitrogens is 2. The van der Waals surface area contributed by atoms with Crippen LogP contribution in [0.5, 0.6) is 0 Å². The molecule has 0 unspecified atom stereocenters. The van der Waals surface area contributed by atoms with Crippen molar-refractivity contribution in [1.82, 2.24) is 20.0 Å². The molecule has 0 spiro atoms. The SMILES string of the molecule is CC(C)CCN1CCN(Cc2cn[nH]c2-c2ccccc2)C[C@@H]1CCO. The van der Waals surface area contributed by atoms with Crippen LogP contribution in [0.25, 0.3) is 11.3 Å². The number of hydrogen-bond donors (Lipinski definition) is 2. The Labute approximate surface area is 157 Å². The van der Waals surface area contributed by atoms with E-state index in [4.69, 9.17) is 0 Å². The highest BCUT2D eigenvalue weighted by atomic mass is 16.3. The van der Waals surface area contributed by atoms with Crippen molar-refractivity contribution in [3.63, 3.8) is 0 Å². The van der Waals surface area contributed by atoms with E-state index in [1.807, 2.05) is 12.3 Å². The zero-order chi connectivity index (χ0) is 18.4. The van der Waals surface area contributed by atoms with Gasteiger partial charge in [0.25, 0.3) is 0 Å². The molecule has 142 valence electrons. The summed E-state index contributed by atoms with van der Waals surface area (Å²) in [5.41, 5.74) is 3.55. The van der Waals surface area contributed by atoms with Crippen molar-refractivity contribution < 1.29 is 5.11 Å². The van der Waals surface area contributed by atoms with Crippen LogP contribution in [0.15, 0.2) is 36.5 Å². The predicted molar refractivity (Wildman–Crippen MR) is 106 cm³/mol. The molecule has 26 heavy (non-hydrogen) atoms. The minimum atomic E-state index is 0.262. The van der Waals surface area contributed by atoms with E-state index in [-0.39, 0.29) is 6.61 Å². The first kappa shape index (κ1) is 19.1. The van der Waals surface area contributed by atoms with E-state index >= 15 is 0 Å². The molecular weight excluding hydrogens is 324 g/mol. The van der Waals surface area contributed by atoms with E-state index in [0.717, 1.165) is 50.8 Å². The molecule has 1 aromatic carbocycles. The summed E-state index contributed by atoms with van der Waals surface area (Å²) in [4.78, 5) is 5.07. The highest BCUT2D eigenvalue weighted by Crippen LogP contribution is 2.23. The number of H-pyrrole nitrogens is 1. The molecule has 1 fully saturated rings. The average Bonchev–Trinajstić information content (AvgIpc) is 3.10. The normalized spacial score (nSPS) is 19.3. The van der Waals surface area contributed by atoms with E-state index in [0.29, 0.717) is 6.04 Å². The van der Waals surface area contributed by atoms with Gasteiger partial charge in [0.2, 0.25) is 0 Å². The summed E-state index contributed by atoms with van der Waals surface area (Å²) in [5, 5.41) is 16.9. The number of aromatic amines is 1. The fourth-order valence-corrected chi connectivity index (χ4v) is 3.77. The first-order valence-electron chi connectivity index (χ1n) is 9.82. The Morgan fingerprint density at radius 1 is 1.23 bits per heavy atom. The summed E-state index contributed by atoms with van der Waals surface area (Å²) in [6, 6.07) is 10.8. The summed E-state index contributed by atoms with van der Waals surface area (Å²) < 4.78 is 0. The first-order valence-corrected chi connectivity index (χ1v) is 9.82. The van der Waals surface area contributed by atoms with Crippen molar-refractivity contribution in [1.29, 1.82) is 0 Å². The third kappa shape index (κ3) is 4.93. The van der Waals surface area contributed by atoms with Gasteiger partial charge in [-0.05, 0) is 30.9 Å². The van der Waals surface area contributed by atoms with Crippen molar-refractivity contribution in [3.8, 4) is 11.3 Å². The molecule has 1 aliphatic heterocycles. The first-order chi connectivity index (χ1) is 12.7. The number of aliphatic hydroxyl groups excluding tert-OH is 1. The summed E-state index contributed by atoms with van der Waals surface area (Å²) in [6.45, 7) is 10.0. The summed E-state index contributed by atoms with van der Waals surface area (Å²) in [7, 11) is 0. The second kappa shape index (κ2) is 9.31. The minimum Gasteiger partial charge on any atom is -0.396 e.